The maximum absolute atomic E-state index is 5.18. The summed E-state index contributed by atoms with van der Waals surface area (Å²) in [6, 6.07) is 13.0. The first-order valence-electron chi connectivity index (χ1n) is 6.42. The smallest absolute Gasteiger partial charge is 0.118 e. The Balaban J connectivity index is 1.71. The predicted octanol–water partition coefficient (Wildman–Crippen LogP) is 2.37. The molecule has 4 nitrogen and oxygen atoms in total. The van der Waals surface area contributed by atoms with Gasteiger partial charge in [-0.2, -0.15) is 0 Å². The number of hydrazine groups is 1. The lowest BCUT2D eigenvalue weighted by Crippen LogP contribution is -2.26. The molecular weight excluding hydrogens is 238 g/mol. The monoisotopic (exact) mass is 255 g/mol. The summed E-state index contributed by atoms with van der Waals surface area (Å²) in [5, 5.41) is 0. The molecule has 2 atom stereocenters. The van der Waals surface area contributed by atoms with E-state index in [2.05, 4.69) is 40.1 Å². The number of rotatable bonds is 3. The molecule has 3 rings (SSSR count). The molecular formula is C15H17N3O. The van der Waals surface area contributed by atoms with E-state index in [0.29, 0.717) is 12.1 Å². The zero-order valence-corrected chi connectivity index (χ0v) is 10.8. The van der Waals surface area contributed by atoms with E-state index in [4.69, 9.17) is 4.74 Å². The number of methoxy groups -OCH3 is 1. The summed E-state index contributed by atoms with van der Waals surface area (Å²) in [5.74, 6) is 0.889. The second-order valence-corrected chi connectivity index (χ2v) is 4.68. The van der Waals surface area contributed by atoms with Gasteiger partial charge in [0.25, 0.3) is 0 Å². The van der Waals surface area contributed by atoms with Gasteiger partial charge in [0.15, 0.2) is 0 Å². The fourth-order valence-electron chi connectivity index (χ4n) is 2.43. The van der Waals surface area contributed by atoms with E-state index in [-0.39, 0.29) is 0 Å². The standard InChI is InChI=1S/C15H17N3O/c1-19-13-4-2-11(3-5-13)14-10-15(18-17-14)12-6-8-16-9-7-12/h2-9,14-15,17-18H,10H2,1H3. The van der Waals surface area contributed by atoms with Crippen molar-refractivity contribution in [2.45, 2.75) is 18.5 Å². The second-order valence-electron chi connectivity index (χ2n) is 4.68. The van der Waals surface area contributed by atoms with Crippen LogP contribution in [0.25, 0.3) is 0 Å². The minimum absolute atomic E-state index is 0.323. The lowest BCUT2D eigenvalue weighted by Gasteiger charge is -2.10. The Morgan fingerprint density at radius 3 is 2.11 bits per heavy atom. The number of hydrogen-bond acceptors (Lipinski definition) is 4. The van der Waals surface area contributed by atoms with Crippen molar-refractivity contribution in [2.24, 2.45) is 0 Å². The maximum Gasteiger partial charge on any atom is 0.118 e. The first kappa shape index (κ1) is 12.1. The first-order chi connectivity index (χ1) is 9.36. The Labute approximate surface area is 112 Å². The normalized spacial score (nSPS) is 22.4. The number of hydrogen-bond donors (Lipinski definition) is 2. The molecule has 1 aromatic heterocycles. The van der Waals surface area contributed by atoms with Crippen molar-refractivity contribution >= 4 is 0 Å². The Morgan fingerprint density at radius 1 is 0.947 bits per heavy atom. The Morgan fingerprint density at radius 2 is 1.53 bits per heavy atom. The third kappa shape index (κ3) is 2.59. The molecule has 0 radical (unpaired) electrons. The average molecular weight is 255 g/mol. The minimum atomic E-state index is 0.323. The number of pyridine rings is 1. The molecule has 2 N–H and O–H groups in total. The van der Waals surface area contributed by atoms with Gasteiger partial charge in [0.2, 0.25) is 0 Å². The molecule has 2 aromatic rings. The third-order valence-electron chi connectivity index (χ3n) is 3.53. The van der Waals surface area contributed by atoms with Crippen molar-refractivity contribution in [1.29, 1.82) is 0 Å². The van der Waals surface area contributed by atoms with Gasteiger partial charge in [-0.1, -0.05) is 12.1 Å². The Bertz CT molecular complexity index is 527. The second kappa shape index (κ2) is 5.38. The SMILES string of the molecule is COc1ccc(C2CC(c3ccncc3)NN2)cc1. The average Bonchev–Trinajstić information content (AvgIpc) is 2.98. The highest BCUT2D eigenvalue weighted by Crippen LogP contribution is 2.31. The van der Waals surface area contributed by atoms with Crippen LogP contribution in [0.5, 0.6) is 5.75 Å². The predicted molar refractivity (Wildman–Crippen MR) is 73.6 cm³/mol. The maximum atomic E-state index is 5.18. The Kier molecular flexibility index (Phi) is 3.44. The van der Waals surface area contributed by atoms with Crippen LogP contribution in [0.3, 0.4) is 0 Å². The quantitative estimate of drug-likeness (QED) is 0.884. The third-order valence-corrected chi connectivity index (χ3v) is 3.53. The van der Waals surface area contributed by atoms with Gasteiger partial charge >= 0.3 is 0 Å². The summed E-state index contributed by atoms with van der Waals surface area (Å²) in [6.45, 7) is 0. The van der Waals surface area contributed by atoms with Crippen molar-refractivity contribution < 1.29 is 4.74 Å². The molecule has 1 saturated heterocycles. The van der Waals surface area contributed by atoms with Crippen molar-refractivity contribution in [3.8, 4) is 5.75 Å². The first-order valence-corrected chi connectivity index (χ1v) is 6.42. The van der Waals surface area contributed by atoms with E-state index in [1.807, 2.05) is 24.5 Å². The van der Waals surface area contributed by atoms with Crippen molar-refractivity contribution in [3.05, 3.63) is 59.9 Å². The van der Waals surface area contributed by atoms with E-state index >= 15 is 0 Å². The van der Waals surface area contributed by atoms with Gasteiger partial charge in [-0.25, -0.2) is 10.9 Å². The van der Waals surface area contributed by atoms with Crippen LogP contribution >= 0.6 is 0 Å². The van der Waals surface area contributed by atoms with Crippen LogP contribution in [0, 0.1) is 0 Å². The lowest BCUT2D eigenvalue weighted by molar-refractivity contribution is 0.414. The van der Waals surface area contributed by atoms with Crippen LogP contribution in [0.15, 0.2) is 48.8 Å². The summed E-state index contributed by atoms with van der Waals surface area (Å²) in [6.07, 6.45) is 4.69. The molecule has 4 heteroatoms. The van der Waals surface area contributed by atoms with Gasteiger partial charge in [-0.3, -0.25) is 4.98 Å². The number of benzene rings is 1. The van der Waals surface area contributed by atoms with E-state index in [0.717, 1.165) is 12.2 Å². The summed E-state index contributed by atoms with van der Waals surface area (Å²) >= 11 is 0. The van der Waals surface area contributed by atoms with E-state index in [1.165, 1.54) is 11.1 Å². The van der Waals surface area contributed by atoms with E-state index < -0.39 is 0 Å². The van der Waals surface area contributed by atoms with E-state index in [9.17, 15) is 0 Å². The highest BCUT2D eigenvalue weighted by Gasteiger charge is 2.25. The molecule has 19 heavy (non-hydrogen) atoms. The Hall–Kier alpha value is -1.91. The summed E-state index contributed by atoms with van der Waals surface area (Å²) in [5.41, 5.74) is 9.22. The molecule has 0 bridgehead atoms. The van der Waals surface area contributed by atoms with Gasteiger partial charge < -0.3 is 4.74 Å². The molecule has 0 aliphatic carbocycles. The zero-order valence-electron chi connectivity index (χ0n) is 10.8. The number of nitrogens with one attached hydrogen (secondary N) is 2. The minimum Gasteiger partial charge on any atom is -0.497 e. The van der Waals surface area contributed by atoms with Gasteiger partial charge in [0, 0.05) is 24.5 Å². The molecule has 1 aliphatic heterocycles. The lowest BCUT2D eigenvalue weighted by atomic mass is 9.98. The molecule has 1 aliphatic rings. The van der Waals surface area contributed by atoms with Crippen LogP contribution in [0.1, 0.15) is 29.6 Å². The fraction of sp³-hybridized carbons (Fsp3) is 0.267. The van der Waals surface area contributed by atoms with Gasteiger partial charge in [0.05, 0.1) is 7.11 Å². The van der Waals surface area contributed by atoms with Crippen LogP contribution in [-0.2, 0) is 0 Å². The molecule has 0 amide bonds. The highest BCUT2D eigenvalue weighted by atomic mass is 16.5. The van der Waals surface area contributed by atoms with Crippen molar-refractivity contribution in [2.75, 3.05) is 7.11 Å². The molecule has 2 heterocycles. The molecule has 1 aromatic carbocycles. The van der Waals surface area contributed by atoms with Crippen LogP contribution in [0.2, 0.25) is 0 Å². The molecule has 98 valence electrons. The van der Waals surface area contributed by atoms with Crippen LogP contribution in [-0.4, -0.2) is 12.1 Å². The van der Waals surface area contributed by atoms with Gasteiger partial charge in [-0.15, -0.1) is 0 Å². The molecule has 2 unspecified atom stereocenters. The summed E-state index contributed by atoms with van der Waals surface area (Å²) in [7, 11) is 1.68. The molecule has 0 saturated carbocycles. The molecule has 1 fully saturated rings. The van der Waals surface area contributed by atoms with Crippen molar-refractivity contribution in [3.63, 3.8) is 0 Å². The fourth-order valence-corrected chi connectivity index (χ4v) is 2.43. The van der Waals surface area contributed by atoms with Crippen LogP contribution in [0.4, 0.5) is 0 Å². The van der Waals surface area contributed by atoms with Gasteiger partial charge in [0.1, 0.15) is 5.75 Å². The summed E-state index contributed by atoms with van der Waals surface area (Å²) in [4.78, 5) is 4.05. The van der Waals surface area contributed by atoms with Gasteiger partial charge in [-0.05, 0) is 41.8 Å². The molecule has 0 spiro atoms. The van der Waals surface area contributed by atoms with Crippen LogP contribution < -0.4 is 15.6 Å². The summed E-state index contributed by atoms with van der Waals surface area (Å²) < 4.78 is 5.18. The van der Waals surface area contributed by atoms with E-state index in [1.54, 1.807) is 7.11 Å². The number of nitrogens with zero attached hydrogens (tertiary/aromatic N) is 1. The number of aromatic nitrogens is 1. The zero-order chi connectivity index (χ0) is 13.1. The highest BCUT2D eigenvalue weighted by molar-refractivity contribution is 5.30. The largest absolute Gasteiger partial charge is 0.497 e. The number of ether oxygens (including phenoxy) is 1. The van der Waals surface area contributed by atoms with Crippen molar-refractivity contribution in [1.82, 2.24) is 15.8 Å². The topological polar surface area (TPSA) is 46.2 Å².